The lowest BCUT2D eigenvalue weighted by Gasteiger charge is -2.29. The second kappa shape index (κ2) is 11.4. The standard InChI is InChI=1S/C26H30N4O4.ClH/c1-29-22(12-17-6-8-18(9-7-17)26(27)28)14-19-13-21(10-11-23(19)29)30(20-4-2-3-5-20)24(31)15-34-16-25(32)33;/h6-11,13-14,20H,2-5,12,15-16H2,1H3,(H3,27,28)(H,32,33);1H. The number of benzene rings is 2. The third kappa shape index (κ3) is 6.01. The first-order valence-electron chi connectivity index (χ1n) is 11.5. The molecule has 4 rings (SSSR count). The van der Waals surface area contributed by atoms with Gasteiger partial charge in [-0.15, -0.1) is 12.4 Å². The van der Waals surface area contributed by atoms with Crippen molar-refractivity contribution in [1.82, 2.24) is 4.57 Å². The molecule has 0 radical (unpaired) electrons. The van der Waals surface area contributed by atoms with Crippen LogP contribution < -0.4 is 10.6 Å². The van der Waals surface area contributed by atoms with Gasteiger partial charge in [-0.2, -0.15) is 0 Å². The number of amides is 1. The maximum absolute atomic E-state index is 13.0. The summed E-state index contributed by atoms with van der Waals surface area (Å²) < 4.78 is 7.25. The zero-order chi connectivity index (χ0) is 24.2. The predicted molar refractivity (Wildman–Crippen MR) is 139 cm³/mol. The van der Waals surface area contributed by atoms with E-state index in [1.54, 1.807) is 4.90 Å². The number of fused-ring (bicyclic) bond motifs is 1. The van der Waals surface area contributed by atoms with Crippen molar-refractivity contribution >= 4 is 46.7 Å². The summed E-state index contributed by atoms with van der Waals surface area (Å²) in [7, 11) is 2.03. The monoisotopic (exact) mass is 498 g/mol. The van der Waals surface area contributed by atoms with E-state index in [2.05, 4.69) is 10.6 Å². The van der Waals surface area contributed by atoms with Gasteiger partial charge in [-0.25, -0.2) is 4.79 Å². The molecule has 0 bridgehead atoms. The van der Waals surface area contributed by atoms with Gasteiger partial charge in [0.2, 0.25) is 0 Å². The summed E-state index contributed by atoms with van der Waals surface area (Å²) in [5.74, 6) is -1.25. The van der Waals surface area contributed by atoms with E-state index in [1.807, 2.05) is 49.5 Å². The fourth-order valence-corrected chi connectivity index (χ4v) is 4.74. The molecule has 35 heavy (non-hydrogen) atoms. The van der Waals surface area contributed by atoms with Crippen molar-refractivity contribution < 1.29 is 19.4 Å². The Kier molecular flexibility index (Phi) is 8.53. The number of amidine groups is 1. The molecule has 4 N–H and O–H groups in total. The van der Waals surface area contributed by atoms with Gasteiger partial charge in [0.25, 0.3) is 5.91 Å². The molecule has 1 fully saturated rings. The molecular weight excluding hydrogens is 468 g/mol. The first-order valence-corrected chi connectivity index (χ1v) is 11.5. The number of rotatable bonds is 9. The van der Waals surface area contributed by atoms with E-state index in [0.717, 1.165) is 60.0 Å². The largest absolute Gasteiger partial charge is 0.480 e. The lowest BCUT2D eigenvalue weighted by atomic mass is 10.1. The number of aliphatic carboxylic acids is 1. The molecule has 1 aliphatic rings. The summed E-state index contributed by atoms with van der Waals surface area (Å²) in [6.45, 7) is -0.740. The highest BCUT2D eigenvalue weighted by Gasteiger charge is 2.28. The Morgan fingerprint density at radius 1 is 1.11 bits per heavy atom. The van der Waals surface area contributed by atoms with Gasteiger partial charge in [0.05, 0.1) is 0 Å². The number of carboxylic acids is 1. The van der Waals surface area contributed by atoms with Gasteiger partial charge >= 0.3 is 5.97 Å². The highest BCUT2D eigenvalue weighted by Crippen LogP contribution is 2.32. The number of hydrogen-bond donors (Lipinski definition) is 3. The van der Waals surface area contributed by atoms with Crippen LogP contribution in [0.15, 0.2) is 48.5 Å². The third-order valence-corrected chi connectivity index (χ3v) is 6.46. The van der Waals surface area contributed by atoms with Gasteiger partial charge in [-0.1, -0.05) is 37.1 Å². The number of aryl methyl sites for hydroxylation is 1. The summed E-state index contributed by atoms with van der Waals surface area (Å²) in [6, 6.07) is 15.9. The van der Waals surface area contributed by atoms with Crippen LogP contribution >= 0.6 is 12.4 Å². The molecule has 0 aliphatic heterocycles. The van der Waals surface area contributed by atoms with Gasteiger partial charge < -0.3 is 25.0 Å². The van der Waals surface area contributed by atoms with Crippen LogP contribution in [-0.2, 0) is 27.8 Å². The molecule has 0 spiro atoms. The van der Waals surface area contributed by atoms with E-state index in [0.29, 0.717) is 5.56 Å². The minimum atomic E-state index is -1.09. The quantitative estimate of drug-likeness (QED) is 0.305. The smallest absolute Gasteiger partial charge is 0.329 e. The van der Waals surface area contributed by atoms with Crippen molar-refractivity contribution in [1.29, 1.82) is 5.41 Å². The van der Waals surface area contributed by atoms with Crippen LogP contribution in [0.4, 0.5) is 5.69 Å². The Morgan fingerprint density at radius 2 is 1.80 bits per heavy atom. The van der Waals surface area contributed by atoms with Gasteiger partial charge in [0.1, 0.15) is 19.0 Å². The fraction of sp³-hybridized carbons (Fsp3) is 0.346. The molecule has 1 heterocycles. The normalized spacial score (nSPS) is 13.5. The van der Waals surface area contributed by atoms with Gasteiger partial charge in [0.15, 0.2) is 0 Å². The van der Waals surface area contributed by atoms with Crippen molar-refractivity contribution in [2.45, 2.75) is 38.1 Å². The number of ether oxygens (including phenoxy) is 1. The highest BCUT2D eigenvalue weighted by molar-refractivity contribution is 5.97. The van der Waals surface area contributed by atoms with E-state index in [1.165, 1.54) is 0 Å². The zero-order valence-electron chi connectivity index (χ0n) is 19.7. The second-order valence-electron chi connectivity index (χ2n) is 8.81. The molecule has 1 aliphatic carbocycles. The van der Waals surface area contributed by atoms with E-state index >= 15 is 0 Å². The highest BCUT2D eigenvalue weighted by atomic mass is 35.5. The number of nitrogens with two attached hydrogens (primary N) is 1. The van der Waals surface area contributed by atoms with E-state index in [-0.39, 0.29) is 36.8 Å². The topological polar surface area (TPSA) is 122 Å². The Labute approximate surface area is 210 Å². The van der Waals surface area contributed by atoms with Crippen LogP contribution in [0.3, 0.4) is 0 Å². The summed E-state index contributed by atoms with van der Waals surface area (Å²) >= 11 is 0. The molecule has 1 saturated carbocycles. The lowest BCUT2D eigenvalue weighted by Crippen LogP contribution is -2.41. The van der Waals surface area contributed by atoms with Crippen LogP contribution in [0.5, 0.6) is 0 Å². The van der Waals surface area contributed by atoms with Crippen LogP contribution in [-0.4, -0.2) is 46.6 Å². The minimum Gasteiger partial charge on any atom is -0.480 e. The first kappa shape index (κ1) is 26.2. The van der Waals surface area contributed by atoms with E-state index in [4.69, 9.17) is 21.0 Å². The molecule has 0 saturated heterocycles. The summed E-state index contributed by atoms with van der Waals surface area (Å²) in [4.78, 5) is 25.6. The molecule has 0 atom stereocenters. The number of carbonyl (C=O) groups is 2. The number of carboxylic acid groups (broad SMARTS) is 1. The average molecular weight is 499 g/mol. The number of nitrogens with one attached hydrogen (secondary N) is 1. The van der Waals surface area contributed by atoms with Crippen LogP contribution in [0.25, 0.3) is 10.9 Å². The molecule has 186 valence electrons. The molecule has 2 aromatic carbocycles. The van der Waals surface area contributed by atoms with Crippen molar-refractivity contribution in [3.8, 4) is 0 Å². The number of hydrogen-bond acceptors (Lipinski definition) is 4. The van der Waals surface area contributed by atoms with Crippen LogP contribution in [0.1, 0.15) is 42.5 Å². The van der Waals surface area contributed by atoms with Gasteiger partial charge in [-0.05, 0) is 42.7 Å². The molecule has 9 heteroatoms. The molecule has 0 unspecified atom stereocenters. The zero-order valence-corrected chi connectivity index (χ0v) is 20.5. The number of anilines is 1. The fourth-order valence-electron chi connectivity index (χ4n) is 4.74. The van der Waals surface area contributed by atoms with E-state index < -0.39 is 12.6 Å². The van der Waals surface area contributed by atoms with Crippen LogP contribution in [0, 0.1) is 5.41 Å². The predicted octanol–water partition coefficient (Wildman–Crippen LogP) is 3.85. The molecule has 1 aromatic heterocycles. The average Bonchev–Trinajstić information content (AvgIpc) is 3.43. The van der Waals surface area contributed by atoms with Crippen LogP contribution in [0.2, 0.25) is 0 Å². The summed E-state index contributed by atoms with van der Waals surface area (Å²) in [5.41, 5.74) is 10.4. The van der Waals surface area contributed by atoms with E-state index in [9.17, 15) is 9.59 Å². The second-order valence-corrected chi connectivity index (χ2v) is 8.81. The number of aromatic nitrogens is 1. The molecule has 1 amide bonds. The number of halogens is 1. The number of carbonyl (C=O) groups excluding carboxylic acids is 1. The maximum atomic E-state index is 13.0. The first-order chi connectivity index (χ1) is 16.3. The lowest BCUT2D eigenvalue weighted by molar-refractivity contribution is -0.143. The van der Waals surface area contributed by atoms with Gasteiger partial charge in [-0.3, -0.25) is 10.2 Å². The Bertz CT molecular complexity index is 1220. The Morgan fingerprint density at radius 3 is 2.43 bits per heavy atom. The summed E-state index contributed by atoms with van der Waals surface area (Å²) in [5, 5.41) is 17.4. The van der Waals surface area contributed by atoms with Gasteiger partial charge in [0, 0.05) is 47.4 Å². The minimum absolute atomic E-state index is 0. The molecule has 3 aromatic rings. The van der Waals surface area contributed by atoms with Crippen molar-refractivity contribution in [2.75, 3.05) is 18.1 Å². The number of nitrogens with zero attached hydrogens (tertiary/aromatic N) is 2. The summed E-state index contributed by atoms with van der Waals surface area (Å²) in [6.07, 6.45) is 4.74. The Balaban J connectivity index is 0.00000342. The molecular formula is C26H31ClN4O4. The van der Waals surface area contributed by atoms with Crippen molar-refractivity contribution in [2.24, 2.45) is 12.8 Å². The molecule has 8 nitrogen and oxygen atoms in total. The Hall–Kier alpha value is -3.36. The van der Waals surface area contributed by atoms with Crippen molar-refractivity contribution in [3.05, 3.63) is 65.4 Å². The maximum Gasteiger partial charge on any atom is 0.329 e. The number of nitrogen functional groups attached to an aromatic ring is 1. The SMILES string of the molecule is Cl.Cn1c(Cc2ccc(C(=N)N)cc2)cc2cc(N(C(=O)COCC(=O)O)C3CCCC3)ccc21. The third-order valence-electron chi connectivity index (χ3n) is 6.46. The van der Waals surface area contributed by atoms with Crippen molar-refractivity contribution in [3.63, 3.8) is 0 Å².